The van der Waals surface area contributed by atoms with Gasteiger partial charge in [-0.05, 0) is 31.2 Å². The highest BCUT2D eigenvalue weighted by Gasteiger charge is 2.25. The molecule has 0 saturated heterocycles. The Morgan fingerprint density at radius 3 is 2.72 bits per heavy atom. The van der Waals surface area contributed by atoms with Crippen LogP contribution in [-0.2, 0) is 0 Å². The van der Waals surface area contributed by atoms with Gasteiger partial charge in [0.25, 0.3) is 0 Å². The molecule has 0 spiro atoms. The van der Waals surface area contributed by atoms with E-state index in [2.05, 4.69) is 37.6 Å². The number of halogens is 1. The molecular weight excluding hydrogens is 337 g/mol. The number of nitrogens with one attached hydrogen (secondary N) is 2. The van der Waals surface area contributed by atoms with Gasteiger partial charge in [0.05, 0.1) is 6.20 Å². The van der Waals surface area contributed by atoms with E-state index in [0.29, 0.717) is 17.6 Å². The van der Waals surface area contributed by atoms with E-state index in [4.69, 9.17) is 0 Å². The second-order valence-electron chi connectivity index (χ2n) is 6.16. The zero-order chi connectivity index (χ0) is 17.4. The molecule has 3 aromatic rings. The van der Waals surface area contributed by atoms with Crippen LogP contribution in [0, 0.1) is 5.82 Å². The zero-order valence-electron chi connectivity index (χ0n) is 13.8. The van der Waals surface area contributed by atoms with Gasteiger partial charge in [-0.2, -0.15) is 15.6 Å². The van der Waals surface area contributed by atoms with Crippen molar-refractivity contribution in [3.05, 3.63) is 48.0 Å². The highest BCUT2D eigenvalue weighted by atomic mass is 32.2. The first-order valence-electron chi connectivity index (χ1n) is 8.01. The van der Waals surface area contributed by atoms with Crippen LogP contribution in [0.2, 0.25) is 0 Å². The Kier molecular flexibility index (Phi) is 4.09. The monoisotopic (exact) mass is 355 g/mol. The third-order valence-electron chi connectivity index (χ3n) is 4.12. The number of rotatable bonds is 5. The van der Waals surface area contributed by atoms with Crippen LogP contribution >= 0.6 is 10.5 Å². The van der Waals surface area contributed by atoms with Crippen molar-refractivity contribution in [2.45, 2.75) is 23.7 Å². The molecule has 5 nitrogen and oxygen atoms in total. The first-order chi connectivity index (χ1) is 12.1. The lowest BCUT2D eigenvalue weighted by molar-refractivity contribution is 0.619. The van der Waals surface area contributed by atoms with Gasteiger partial charge in [0, 0.05) is 28.1 Å². The molecule has 1 aromatic carbocycles. The minimum atomic E-state index is -0.510. The van der Waals surface area contributed by atoms with Gasteiger partial charge >= 0.3 is 0 Å². The van der Waals surface area contributed by atoms with Crippen molar-refractivity contribution in [2.24, 2.45) is 0 Å². The van der Waals surface area contributed by atoms with Crippen LogP contribution < -0.4 is 5.32 Å². The fourth-order valence-electron chi connectivity index (χ4n) is 2.56. The number of hydrogen-bond donors (Lipinski definition) is 2. The van der Waals surface area contributed by atoms with Gasteiger partial charge in [0.2, 0.25) is 0 Å². The molecule has 0 radical (unpaired) electrons. The molecule has 128 valence electrons. The number of aromatic amines is 1. The molecule has 2 N–H and O–H groups in total. The van der Waals surface area contributed by atoms with Crippen molar-refractivity contribution in [1.29, 1.82) is 0 Å². The molecule has 7 heteroatoms. The van der Waals surface area contributed by atoms with E-state index in [0.717, 1.165) is 16.2 Å². The Morgan fingerprint density at radius 2 is 2.04 bits per heavy atom. The summed E-state index contributed by atoms with van der Waals surface area (Å²) in [4.78, 5) is 9.58. The molecular formula is C18H18FN5S. The van der Waals surface area contributed by atoms with E-state index in [1.165, 1.54) is 19.0 Å². The summed E-state index contributed by atoms with van der Waals surface area (Å²) in [5.41, 5.74) is 1.91. The maximum Gasteiger partial charge on any atom is 0.184 e. The highest BCUT2D eigenvalue weighted by molar-refractivity contribution is 8.13. The van der Waals surface area contributed by atoms with E-state index in [1.54, 1.807) is 0 Å². The summed E-state index contributed by atoms with van der Waals surface area (Å²) < 4.78 is 14.1. The molecule has 1 aliphatic rings. The Labute approximate surface area is 147 Å². The minimum Gasteiger partial charge on any atom is -0.321 e. The van der Waals surface area contributed by atoms with Crippen molar-refractivity contribution in [2.75, 3.05) is 11.6 Å². The van der Waals surface area contributed by atoms with Gasteiger partial charge < -0.3 is 5.32 Å². The smallest absolute Gasteiger partial charge is 0.184 e. The molecule has 0 bridgehead atoms. The molecule has 0 amide bonds. The van der Waals surface area contributed by atoms with Crippen LogP contribution in [0.15, 0.2) is 41.4 Å². The van der Waals surface area contributed by atoms with E-state index < -0.39 is 5.82 Å². The zero-order valence-corrected chi connectivity index (χ0v) is 14.6. The Hall–Kier alpha value is -2.54. The predicted molar refractivity (Wildman–Crippen MR) is 100 cm³/mol. The lowest BCUT2D eigenvalue weighted by Gasteiger charge is -2.07. The van der Waals surface area contributed by atoms with E-state index in [-0.39, 0.29) is 16.3 Å². The topological polar surface area (TPSA) is 66.5 Å². The molecule has 2 heterocycles. The Bertz CT molecular complexity index is 931. The number of anilines is 2. The summed E-state index contributed by atoms with van der Waals surface area (Å²) in [6.45, 7) is 0. The number of aromatic nitrogens is 4. The van der Waals surface area contributed by atoms with Crippen LogP contribution in [0.4, 0.5) is 16.0 Å². The average molecular weight is 355 g/mol. The number of H-pyrrole nitrogens is 1. The molecule has 1 saturated carbocycles. The summed E-state index contributed by atoms with van der Waals surface area (Å²) in [5, 5.41) is 10.1. The SMILES string of the molecule is C=S(C)c1ccc(-c2ncc(F)c(Nc3cc(C4CC4)[nH]n3)n2)cc1. The lowest BCUT2D eigenvalue weighted by atomic mass is 10.2. The average Bonchev–Trinajstić information content (AvgIpc) is 3.36. The van der Waals surface area contributed by atoms with Gasteiger partial charge in [0.15, 0.2) is 23.3 Å². The molecule has 2 aromatic heterocycles. The molecule has 25 heavy (non-hydrogen) atoms. The maximum atomic E-state index is 14.1. The minimum absolute atomic E-state index is 0.0497. The lowest BCUT2D eigenvalue weighted by Crippen LogP contribution is -2.01. The van der Waals surface area contributed by atoms with Crippen LogP contribution in [0.25, 0.3) is 11.4 Å². The van der Waals surface area contributed by atoms with Gasteiger partial charge in [-0.3, -0.25) is 5.10 Å². The standard InChI is InChI=1S/C18H18FN5S/c1-25(2)13-7-5-12(6-8-13)17-20-10-14(19)18(22-17)21-16-9-15(23-24-16)11-3-4-11/h5-11H,1,3-4H2,2H3,(H2,20,21,22,23,24). The Balaban J connectivity index is 1.59. The van der Waals surface area contributed by atoms with Crippen molar-refractivity contribution in [1.82, 2.24) is 20.2 Å². The third-order valence-corrected chi connectivity index (χ3v) is 5.20. The van der Waals surface area contributed by atoms with Gasteiger partial charge in [0.1, 0.15) is 0 Å². The van der Waals surface area contributed by atoms with Crippen LogP contribution in [0.5, 0.6) is 0 Å². The van der Waals surface area contributed by atoms with E-state index in [9.17, 15) is 4.39 Å². The normalized spacial score (nSPS) is 15.1. The quantitative estimate of drug-likeness (QED) is 0.669. The number of nitrogens with zero attached hydrogens (tertiary/aromatic N) is 3. The highest BCUT2D eigenvalue weighted by Crippen LogP contribution is 2.39. The van der Waals surface area contributed by atoms with Crippen molar-refractivity contribution in [3.63, 3.8) is 0 Å². The maximum absolute atomic E-state index is 14.1. The first kappa shape index (κ1) is 16.0. The third kappa shape index (κ3) is 3.46. The van der Waals surface area contributed by atoms with Crippen LogP contribution in [-0.4, -0.2) is 32.3 Å². The van der Waals surface area contributed by atoms with Crippen molar-refractivity contribution < 1.29 is 4.39 Å². The van der Waals surface area contributed by atoms with Crippen molar-refractivity contribution >= 4 is 28.0 Å². The molecule has 1 aliphatic carbocycles. The van der Waals surface area contributed by atoms with Gasteiger partial charge in [-0.25, -0.2) is 14.4 Å². The van der Waals surface area contributed by atoms with Crippen LogP contribution in [0.1, 0.15) is 24.5 Å². The molecule has 4 rings (SSSR count). The second-order valence-corrected chi connectivity index (χ2v) is 7.91. The number of benzene rings is 1. The van der Waals surface area contributed by atoms with E-state index >= 15 is 0 Å². The molecule has 1 fully saturated rings. The number of hydrogen-bond acceptors (Lipinski definition) is 4. The molecule has 1 atom stereocenters. The van der Waals surface area contributed by atoms with E-state index in [1.807, 2.05) is 30.3 Å². The molecule has 0 aliphatic heterocycles. The summed E-state index contributed by atoms with van der Waals surface area (Å²) in [7, 11) is -0.0497. The molecule has 1 unspecified atom stereocenters. The first-order valence-corrected chi connectivity index (χ1v) is 9.81. The largest absolute Gasteiger partial charge is 0.321 e. The second kappa shape index (κ2) is 6.40. The predicted octanol–water partition coefficient (Wildman–Crippen LogP) is 4.32. The van der Waals surface area contributed by atoms with Gasteiger partial charge in [-0.1, -0.05) is 18.0 Å². The van der Waals surface area contributed by atoms with Crippen LogP contribution in [0.3, 0.4) is 0 Å². The van der Waals surface area contributed by atoms with Gasteiger partial charge in [-0.15, -0.1) is 0 Å². The summed E-state index contributed by atoms with van der Waals surface area (Å²) >= 11 is 0. The summed E-state index contributed by atoms with van der Waals surface area (Å²) in [6.07, 6.45) is 5.59. The fraction of sp³-hybridized carbons (Fsp3) is 0.222. The van der Waals surface area contributed by atoms with Crippen molar-refractivity contribution in [3.8, 4) is 11.4 Å². The summed E-state index contributed by atoms with van der Waals surface area (Å²) in [5.74, 6) is 5.23. The fourth-order valence-corrected chi connectivity index (χ4v) is 3.16. The Morgan fingerprint density at radius 1 is 1.28 bits per heavy atom. The summed E-state index contributed by atoms with van der Waals surface area (Å²) in [6, 6.07) is 9.77.